The number of imidazole rings is 1. The summed E-state index contributed by atoms with van der Waals surface area (Å²) >= 11 is 0. The number of para-hydroxylation sites is 1. The van der Waals surface area contributed by atoms with Gasteiger partial charge in [0.2, 0.25) is 10.0 Å². The summed E-state index contributed by atoms with van der Waals surface area (Å²) in [4.78, 5) is 26.4. The van der Waals surface area contributed by atoms with Crippen LogP contribution in [0.2, 0.25) is 0 Å². The van der Waals surface area contributed by atoms with E-state index >= 15 is 0 Å². The number of piperidine rings is 1. The lowest BCUT2D eigenvalue weighted by Crippen LogP contribution is -2.44. The molecule has 2 fully saturated rings. The predicted octanol–water partition coefficient (Wildman–Crippen LogP) is 6.38. The molecule has 1 amide bonds. The van der Waals surface area contributed by atoms with E-state index in [0.29, 0.717) is 35.6 Å². The number of benzene rings is 2. The van der Waals surface area contributed by atoms with Gasteiger partial charge in [0.1, 0.15) is 11.3 Å². The van der Waals surface area contributed by atoms with E-state index in [1.807, 2.05) is 17.3 Å². The maximum Gasteiger partial charge on any atom is 0.417 e. The minimum absolute atomic E-state index is 0.131. The Hall–Kier alpha value is -3.77. The zero-order valence-corrected chi connectivity index (χ0v) is 25.2. The maximum atomic E-state index is 13.7. The number of rotatable bonds is 6. The number of hydrogen-bond acceptors (Lipinski definition) is 5. The fourth-order valence-corrected chi connectivity index (χ4v) is 8.11. The van der Waals surface area contributed by atoms with E-state index in [2.05, 4.69) is 27.1 Å². The van der Waals surface area contributed by atoms with E-state index in [1.165, 1.54) is 18.7 Å². The molecule has 232 valence electrons. The number of nitrogens with zero attached hydrogens (tertiary/aromatic N) is 4. The van der Waals surface area contributed by atoms with Crippen LogP contribution in [0, 0.1) is 5.41 Å². The summed E-state index contributed by atoms with van der Waals surface area (Å²) in [6.07, 6.45) is 5.34. The Balaban J connectivity index is 1.14. The average molecular weight is 626 g/mol. The molecule has 0 atom stereocenters. The molecule has 1 aliphatic carbocycles. The second-order valence-corrected chi connectivity index (χ2v) is 14.0. The lowest BCUT2D eigenvalue weighted by atomic mass is 9.64. The standard InChI is InChI=1S/C32H34F3N5O3S/c1-39(44(42,43)27-8-3-2-6-25(27)32(33,34)35)21-28-37-26-7-4-5-24(29(26)38-28)30(41)40-19-15-31(16-20-40)13-9-22(10-14-31)23-11-17-36-18-12-23/h2-8,11-12,17-18,22H,9-10,13-16,19-21H2,1H3,(H,37,38). The Morgan fingerprint density at radius 3 is 2.36 bits per heavy atom. The number of amides is 1. The Kier molecular flexibility index (Phi) is 8.00. The third-order valence-electron chi connectivity index (χ3n) is 9.38. The zero-order chi connectivity index (χ0) is 31.1. The van der Waals surface area contributed by atoms with Gasteiger partial charge in [-0.3, -0.25) is 9.78 Å². The highest BCUT2D eigenvalue weighted by atomic mass is 32.2. The molecule has 12 heteroatoms. The number of carbonyl (C=O) groups excluding carboxylic acids is 1. The van der Waals surface area contributed by atoms with Crippen molar-refractivity contribution < 1.29 is 26.4 Å². The van der Waals surface area contributed by atoms with Crippen molar-refractivity contribution >= 4 is 27.0 Å². The molecular formula is C32H34F3N5O3S. The first-order valence-electron chi connectivity index (χ1n) is 14.8. The summed E-state index contributed by atoms with van der Waals surface area (Å²) < 4.78 is 67.7. The van der Waals surface area contributed by atoms with Crippen molar-refractivity contribution in [3.8, 4) is 0 Å². The van der Waals surface area contributed by atoms with Crippen LogP contribution in [-0.4, -0.2) is 58.6 Å². The first-order chi connectivity index (χ1) is 21.0. The zero-order valence-electron chi connectivity index (χ0n) is 24.3. The highest BCUT2D eigenvalue weighted by Crippen LogP contribution is 2.49. The smallest absolute Gasteiger partial charge is 0.341 e. The maximum absolute atomic E-state index is 13.7. The number of fused-ring (bicyclic) bond motifs is 1. The Bertz CT molecular complexity index is 1760. The van der Waals surface area contributed by atoms with Crippen LogP contribution in [0.1, 0.15) is 71.8 Å². The molecule has 4 aromatic rings. The quantitative estimate of drug-likeness (QED) is 0.268. The fraction of sp³-hybridized carbons (Fsp3) is 0.406. The summed E-state index contributed by atoms with van der Waals surface area (Å²) in [6.45, 7) is 1.02. The molecule has 2 aromatic heterocycles. The van der Waals surface area contributed by atoms with Crippen molar-refractivity contribution in [2.45, 2.75) is 62.1 Å². The number of hydrogen-bond donors (Lipinski definition) is 1. The lowest BCUT2D eigenvalue weighted by Gasteiger charge is -2.46. The first-order valence-corrected chi connectivity index (χ1v) is 16.2. The molecular weight excluding hydrogens is 591 g/mol. The summed E-state index contributed by atoms with van der Waals surface area (Å²) in [6, 6.07) is 13.5. The van der Waals surface area contributed by atoms with Gasteiger partial charge >= 0.3 is 6.18 Å². The third-order valence-corrected chi connectivity index (χ3v) is 11.2. The van der Waals surface area contributed by atoms with Gasteiger partial charge in [0.05, 0.1) is 28.1 Å². The minimum Gasteiger partial charge on any atom is -0.341 e. The second-order valence-electron chi connectivity index (χ2n) is 12.0. The van der Waals surface area contributed by atoms with E-state index < -0.39 is 26.7 Å². The van der Waals surface area contributed by atoms with Gasteiger partial charge in [0.25, 0.3) is 5.91 Å². The largest absolute Gasteiger partial charge is 0.417 e. The van der Waals surface area contributed by atoms with Gasteiger partial charge < -0.3 is 9.88 Å². The van der Waals surface area contributed by atoms with Gasteiger partial charge in [0, 0.05) is 32.5 Å². The highest BCUT2D eigenvalue weighted by Gasteiger charge is 2.40. The molecule has 2 aromatic carbocycles. The fourth-order valence-electron chi connectivity index (χ4n) is 6.77. The lowest BCUT2D eigenvalue weighted by molar-refractivity contribution is -0.139. The van der Waals surface area contributed by atoms with Crippen molar-refractivity contribution in [1.82, 2.24) is 24.2 Å². The molecule has 3 heterocycles. The van der Waals surface area contributed by atoms with Crippen LogP contribution in [-0.2, 0) is 22.7 Å². The van der Waals surface area contributed by atoms with Crippen molar-refractivity contribution in [1.29, 1.82) is 0 Å². The highest BCUT2D eigenvalue weighted by molar-refractivity contribution is 7.89. The van der Waals surface area contributed by atoms with E-state index in [0.717, 1.165) is 61.0 Å². The summed E-state index contributed by atoms with van der Waals surface area (Å²) in [5.41, 5.74) is 1.75. The molecule has 0 bridgehead atoms. The molecule has 8 nitrogen and oxygen atoms in total. The van der Waals surface area contributed by atoms with Crippen molar-refractivity contribution in [3.05, 3.63) is 89.5 Å². The summed E-state index contributed by atoms with van der Waals surface area (Å²) in [5, 5.41) is 0. The molecule has 1 saturated carbocycles. The van der Waals surface area contributed by atoms with E-state index in [4.69, 9.17) is 0 Å². The molecule has 0 unspecified atom stereocenters. The Morgan fingerprint density at radius 2 is 1.68 bits per heavy atom. The van der Waals surface area contributed by atoms with E-state index in [9.17, 15) is 26.4 Å². The SMILES string of the molecule is CN(Cc1nc2c(C(=O)N3CCC4(CCC(c5ccncc5)CC4)CC3)cccc2[nH]1)S(=O)(=O)c1ccccc1C(F)(F)F. The van der Waals surface area contributed by atoms with Crippen molar-refractivity contribution in [3.63, 3.8) is 0 Å². The van der Waals surface area contributed by atoms with Crippen LogP contribution in [0.4, 0.5) is 13.2 Å². The average Bonchev–Trinajstić information content (AvgIpc) is 3.44. The number of sulfonamides is 1. The normalized spacial score (nSPS) is 17.9. The Morgan fingerprint density at radius 1 is 1.00 bits per heavy atom. The van der Waals surface area contributed by atoms with Crippen LogP contribution >= 0.6 is 0 Å². The van der Waals surface area contributed by atoms with Crippen LogP contribution in [0.3, 0.4) is 0 Å². The van der Waals surface area contributed by atoms with Crippen molar-refractivity contribution in [2.75, 3.05) is 20.1 Å². The molecule has 44 heavy (non-hydrogen) atoms. The molecule has 1 saturated heterocycles. The second kappa shape index (κ2) is 11.6. The van der Waals surface area contributed by atoms with Crippen LogP contribution < -0.4 is 0 Å². The first kappa shape index (κ1) is 30.3. The number of alkyl halides is 3. The molecule has 1 spiro atoms. The van der Waals surface area contributed by atoms with Gasteiger partial charge in [0.15, 0.2) is 0 Å². The molecule has 2 aliphatic rings. The van der Waals surface area contributed by atoms with Crippen LogP contribution in [0.15, 0.2) is 71.9 Å². The molecule has 6 rings (SSSR count). The number of nitrogens with one attached hydrogen (secondary N) is 1. The Labute approximate surface area is 254 Å². The predicted molar refractivity (Wildman–Crippen MR) is 159 cm³/mol. The summed E-state index contributed by atoms with van der Waals surface area (Å²) in [7, 11) is -3.29. The number of aromatic amines is 1. The molecule has 1 N–H and O–H groups in total. The number of carbonyl (C=O) groups is 1. The topological polar surface area (TPSA) is 99.3 Å². The number of H-pyrrole nitrogens is 1. The number of aromatic nitrogens is 3. The number of pyridine rings is 1. The summed E-state index contributed by atoms with van der Waals surface area (Å²) in [5.74, 6) is 0.650. The van der Waals surface area contributed by atoms with Crippen molar-refractivity contribution in [2.24, 2.45) is 5.41 Å². The van der Waals surface area contributed by atoms with Crippen LogP contribution in [0.25, 0.3) is 11.0 Å². The monoisotopic (exact) mass is 625 g/mol. The number of halogens is 3. The molecule has 0 radical (unpaired) electrons. The minimum atomic E-state index is -4.83. The number of likely N-dealkylation sites (tertiary alicyclic amines) is 1. The molecule has 1 aliphatic heterocycles. The van der Waals surface area contributed by atoms with Gasteiger partial charge in [-0.05, 0) is 91.8 Å². The van der Waals surface area contributed by atoms with Gasteiger partial charge in [-0.25, -0.2) is 13.4 Å². The van der Waals surface area contributed by atoms with Gasteiger partial charge in [-0.1, -0.05) is 18.2 Å². The van der Waals surface area contributed by atoms with E-state index in [1.54, 1.807) is 18.2 Å². The van der Waals surface area contributed by atoms with Gasteiger partial charge in [-0.15, -0.1) is 0 Å². The van der Waals surface area contributed by atoms with Gasteiger partial charge in [-0.2, -0.15) is 17.5 Å². The van der Waals surface area contributed by atoms with E-state index in [-0.39, 0.29) is 23.7 Å². The van der Waals surface area contributed by atoms with Crippen LogP contribution in [0.5, 0.6) is 0 Å². The third kappa shape index (κ3) is 5.84.